The van der Waals surface area contributed by atoms with E-state index < -0.39 is 5.60 Å². The number of hydrogen-bond acceptors (Lipinski definition) is 4. The second-order valence-corrected chi connectivity index (χ2v) is 8.35. The van der Waals surface area contributed by atoms with Crippen molar-refractivity contribution in [2.24, 2.45) is 5.92 Å². The number of fused-ring (bicyclic) bond motifs is 2. The summed E-state index contributed by atoms with van der Waals surface area (Å²) in [4.78, 5) is 27.5. The molecule has 1 aromatic rings. The number of Topliss-reactive ketones (excluding diaryl/α,β-unsaturated/α-hetero) is 1. The zero-order valence-corrected chi connectivity index (χ0v) is 15.7. The Bertz CT molecular complexity index is 730. The molecule has 2 heterocycles. The molecule has 0 radical (unpaired) electrons. The number of amides is 1. The van der Waals surface area contributed by atoms with E-state index in [0.717, 1.165) is 19.3 Å². The number of carbonyl (C=O) groups is 2. The van der Waals surface area contributed by atoms with E-state index in [1.165, 1.54) is 0 Å². The van der Waals surface area contributed by atoms with Crippen molar-refractivity contribution in [3.05, 3.63) is 35.4 Å². The SMILES string of the molecule is CC(C)(C)OC(=O)N1C2CCCC1CC(C(=O)c1cccc(C#N)c1)C2. The fraction of sp³-hybridized carbons (Fsp3) is 0.571. The maximum Gasteiger partial charge on any atom is 0.410 e. The van der Waals surface area contributed by atoms with E-state index >= 15 is 0 Å². The Morgan fingerprint density at radius 1 is 1.19 bits per heavy atom. The third-order valence-electron chi connectivity index (χ3n) is 5.23. The average molecular weight is 354 g/mol. The van der Waals surface area contributed by atoms with E-state index in [1.807, 2.05) is 25.7 Å². The first-order valence-corrected chi connectivity index (χ1v) is 9.34. The lowest BCUT2D eigenvalue weighted by Gasteiger charge is -2.48. The summed E-state index contributed by atoms with van der Waals surface area (Å²) in [5.74, 6) is -0.0132. The summed E-state index contributed by atoms with van der Waals surface area (Å²) in [6, 6.07) is 9.11. The van der Waals surface area contributed by atoms with Gasteiger partial charge in [-0.3, -0.25) is 4.79 Å². The van der Waals surface area contributed by atoms with Gasteiger partial charge >= 0.3 is 6.09 Å². The Kier molecular flexibility index (Phi) is 5.04. The highest BCUT2D eigenvalue weighted by atomic mass is 16.6. The van der Waals surface area contributed by atoms with Crippen LogP contribution in [-0.4, -0.2) is 34.5 Å². The van der Waals surface area contributed by atoms with Crippen LogP contribution in [0, 0.1) is 17.2 Å². The quantitative estimate of drug-likeness (QED) is 0.742. The standard InChI is InChI=1S/C21H26N2O3/c1-21(2,3)26-20(25)23-17-8-5-9-18(23)12-16(11-17)19(24)15-7-4-6-14(10-15)13-22/h4,6-7,10,16-18H,5,8-9,11-12H2,1-3H3. The third-order valence-corrected chi connectivity index (χ3v) is 5.23. The van der Waals surface area contributed by atoms with Gasteiger partial charge in [0.1, 0.15) is 5.60 Å². The van der Waals surface area contributed by atoms with Crippen LogP contribution in [0.25, 0.3) is 0 Å². The Hall–Kier alpha value is -2.35. The highest BCUT2D eigenvalue weighted by molar-refractivity contribution is 5.98. The van der Waals surface area contributed by atoms with Gasteiger partial charge in [-0.2, -0.15) is 5.26 Å². The van der Waals surface area contributed by atoms with Crippen molar-refractivity contribution in [1.29, 1.82) is 5.26 Å². The van der Waals surface area contributed by atoms with Crippen LogP contribution in [0.15, 0.2) is 24.3 Å². The molecule has 0 aliphatic carbocycles. The van der Waals surface area contributed by atoms with Crippen molar-refractivity contribution in [1.82, 2.24) is 4.90 Å². The zero-order chi connectivity index (χ0) is 18.9. The molecular formula is C21H26N2O3. The number of piperidine rings is 2. The predicted octanol–water partition coefficient (Wildman–Crippen LogP) is 4.31. The molecule has 2 unspecified atom stereocenters. The second-order valence-electron chi connectivity index (χ2n) is 8.35. The molecule has 1 aromatic carbocycles. The lowest BCUT2D eigenvalue weighted by atomic mass is 9.76. The Labute approximate surface area is 154 Å². The second kappa shape index (κ2) is 7.11. The topological polar surface area (TPSA) is 70.4 Å². The number of hydrogen-bond donors (Lipinski definition) is 0. The van der Waals surface area contributed by atoms with Crippen molar-refractivity contribution in [2.45, 2.75) is 70.6 Å². The molecule has 1 amide bonds. The van der Waals surface area contributed by atoms with Crippen LogP contribution in [0.5, 0.6) is 0 Å². The van der Waals surface area contributed by atoms with Crippen molar-refractivity contribution in [3.63, 3.8) is 0 Å². The smallest absolute Gasteiger partial charge is 0.410 e. The fourth-order valence-electron chi connectivity index (χ4n) is 4.19. The summed E-state index contributed by atoms with van der Waals surface area (Å²) >= 11 is 0. The fourth-order valence-corrected chi connectivity index (χ4v) is 4.19. The molecule has 0 spiro atoms. The van der Waals surface area contributed by atoms with Gasteiger partial charge in [0, 0.05) is 23.6 Å². The van der Waals surface area contributed by atoms with Crippen LogP contribution in [-0.2, 0) is 4.74 Å². The molecule has 3 rings (SSSR count). The monoisotopic (exact) mass is 354 g/mol. The molecule has 0 N–H and O–H groups in total. The van der Waals surface area contributed by atoms with Gasteiger partial charge in [-0.25, -0.2) is 4.79 Å². The van der Waals surface area contributed by atoms with Gasteiger partial charge in [-0.15, -0.1) is 0 Å². The molecular weight excluding hydrogens is 328 g/mol. The number of nitriles is 1. The Balaban J connectivity index is 1.76. The van der Waals surface area contributed by atoms with Gasteiger partial charge in [-0.05, 0) is 65.0 Å². The van der Waals surface area contributed by atoms with E-state index in [9.17, 15) is 9.59 Å². The summed E-state index contributed by atoms with van der Waals surface area (Å²) in [6.07, 6.45) is 4.00. The molecule has 2 fully saturated rings. The molecule has 5 heteroatoms. The first-order chi connectivity index (χ1) is 12.3. The van der Waals surface area contributed by atoms with Gasteiger partial charge in [0.05, 0.1) is 11.6 Å². The third kappa shape index (κ3) is 3.90. The lowest BCUT2D eigenvalue weighted by molar-refractivity contribution is -0.0260. The first-order valence-electron chi connectivity index (χ1n) is 9.34. The van der Waals surface area contributed by atoms with Crippen LogP contribution < -0.4 is 0 Å². The maximum atomic E-state index is 13.0. The molecule has 2 bridgehead atoms. The molecule has 26 heavy (non-hydrogen) atoms. The number of nitrogens with zero attached hydrogens (tertiary/aromatic N) is 2. The van der Waals surface area contributed by atoms with Crippen LogP contribution in [0.3, 0.4) is 0 Å². The molecule has 2 saturated heterocycles. The largest absolute Gasteiger partial charge is 0.444 e. The molecule has 0 aromatic heterocycles. The van der Waals surface area contributed by atoms with E-state index in [-0.39, 0.29) is 29.9 Å². The molecule has 5 nitrogen and oxygen atoms in total. The van der Waals surface area contributed by atoms with Crippen molar-refractivity contribution in [2.75, 3.05) is 0 Å². The minimum atomic E-state index is -0.518. The van der Waals surface area contributed by atoms with Gasteiger partial charge in [0.25, 0.3) is 0 Å². The lowest BCUT2D eigenvalue weighted by Crippen LogP contribution is -2.56. The van der Waals surface area contributed by atoms with E-state index in [0.29, 0.717) is 24.0 Å². The Morgan fingerprint density at radius 2 is 1.85 bits per heavy atom. The number of benzene rings is 1. The summed E-state index contributed by atoms with van der Waals surface area (Å²) in [5.41, 5.74) is 0.579. The molecule has 0 saturated carbocycles. The summed E-state index contributed by atoms with van der Waals surface area (Å²) in [5, 5.41) is 9.05. The number of ketones is 1. The summed E-state index contributed by atoms with van der Waals surface area (Å²) in [6.45, 7) is 5.62. The van der Waals surface area contributed by atoms with Crippen LogP contribution in [0.2, 0.25) is 0 Å². The number of rotatable bonds is 2. The summed E-state index contributed by atoms with van der Waals surface area (Å²) in [7, 11) is 0. The normalized spacial score (nSPS) is 25.3. The van der Waals surface area contributed by atoms with Gasteiger partial charge in [0.2, 0.25) is 0 Å². The van der Waals surface area contributed by atoms with Gasteiger partial charge < -0.3 is 9.64 Å². The van der Waals surface area contributed by atoms with Crippen molar-refractivity contribution < 1.29 is 14.3 Å². The first kappa shape index (κ1) is 18.4. The number of ether oxygens (including phenoxy) is 1. The minimum Gasteiger partial charge on any atom is -0.444 e. The highest BCUT2D eigenvalue weighted by Crippen LogP contribution is 2.39. The van der Waals surface area contributed by atoms with E-state index in [4.69, 9.17) is 10.00 Å². The molecule has 2 aliphatic rings. The minimum absolute atomic E-state index is 0.0606. The average Bonchev–Trinajstić information content (AvgIpc) is 2.58. The number of carbonyl (C=O) groups excluding carboxylic acids is 2. The van der Waals surface area contributed by atoms with Gasteiger partial charge in [0.15, 0.2) is 5.78 Å². The van der Waals surface area contributed by atoms with E-state index in [1.54, 1.807) is 24.3 Å². The van der Waals surface area contributed by atoms with E-state index in [2.05, 4.69) is 6.07 Å². The zero-order valence-electron chi connectivity index (χ0n) is 15.7. The highest BCUT2D eigenvalue weighted by Gasteiger charge is 2.44. The molecule has 2 atom stereocenters. The van der Waals surface area contributed by atoms with Crippen LogP contribution >= 0.6 is 0 Å². The summed E-state index contributed by atoms with van der Waals surface area (Å²) < 4.78 is 5.59. The predicted molar refractivity (Wildman–Crippen MR) is 97.7 cm³/mol. The van der Waals surface area contributed by atoms with Crippen LogP contribution in [0.1, 0.15) is 68.8 Å². The Morgan fingerprint density at radius 3 is 2.42 bits per heavy atom. The van der Waals surface area contributed by atoms with Crippen molar-refractivity contribution >= 4 is 11.9 Å². The van der Waals surface area contributed by atoms with Crippen molar-refractivity contribution in [3.8, 4) is 6.07 Å². The molecule has 2 aliphatic heterocycles. The molecule has 138 valence electrons. The van der Waals surface area contributed by atoms with Crippen LogP contribution in [0.4, 0.5) is 4.79 Å². The van der Waals surface area contributed by atoms with Gasteiger partial charge in [-0.1, -0.05) is 12.1 Å². The maximum absolute atomic E-state index is 13.0.